The van der Waals surface area contributed by atoms with E-state index in [9.17, 15) is 4.79 Å². The number of carbonyl (C=O) groups excluding carboxylic acids is 1. The van der Waals surface area contributed by atoms with E-state index in [0.29, 0.717) is 23.5 Å². The first kappa shape index (κ1) is 18.0. The van der Waals surface area contributed by atoms with Gasteiger partial charge in [-0.2, -0.15) is 0 Å². The lowest BCUT2D eigenvalue weighted by molar-refractivity contribution is 0.104. The number of carbonyl (C=O) groups is 1. The Morgan fingerprint density at radius 2 is 1.88 bits per heavy atom. The summed E-state index contributed by atoms with van der Waals surface area (Å²) in [7, 11) is 3.20. The molecule has 3 nitrogen and oxygen atoms in total. The predicted molar refractivity (Wildman–Crippen MR) is 101 cm³/mol. The first-order valence-corrected chi connectivity index (χ1v) is 8.22. The van der Waals surface area contributed by atoms with Crippen LogP contribution in [0.4, 0.5) is 0 Å². The van der Waals surface area contributed by atoms with E-state index in [2.05, 4.69) is 22.5 Å². The highest BCUT2D eigenvalue weighted by Crippen LogP contribution is 2.33. The molecule has 0 spiro atoms. The lowest BCUT2D eigenvalue weighted by Gasteiger charge is -2.13. The molecule has 0 saturated carbocycles. The molecule has 4 heteroatoms. The highest BCUT2D eigenvalue weighted by atomic mass is 79.9. The minimum absolute atomic E-state index is 0.0532. The number of rotatable bonds is 7. The van der Waals surface area contributed by atoms with E-state index < -0.39 is 0 Å². The minimum Gasteiger partial charge on any atom is -0.493 e. The van der Waals surface area contributed by atoms with E-state index in [1.54, 1.807) is 44.6 Å². The zero-order valence-electron chi connectivity index (χ0n) is 13.7. The minimum atomic E-state index is -0.0532. The highest BCUT2D eigenvalue weighted by molar-refractivity contribution is 9.10. The fourth-order valence-corrected chi connectivity index (χ4v) is 2.62. The van der Waals surface area contributed by atoms with Crippen LogP contribution in [-0.4, -0.2) is 20.0 Å². The Hall–Kier alpha value is -2.33. The summed E-state index contributed by atoms with van der Waals surface area (Å²) in [5.74, 6) is 1.27. The molecule has 2 aromatic carbocycles. The van der Waals surface area contributed by atoms with Crippen LogP contribution in [0, 0.1) is 0 Å². The van der Waals surface area contributed by atoms with Gasteiger partial charge in [0.25, 0.3) is 0 Å². The molecule has 2 rings (SSSR count). The standard InChI is InChI=1S/C20H19BrO3/c1-4-5-16-12-14(13-19(23-2)20(16)24-3)6-11-18(22)15-7-9-17(21)10-8-15/h4,6-13H,1,5H2,2-3H3/b11-6+. The van der Waals surface area contributed by atoms with Crippen molar-refractivity contribution in [2.75, 3.05) is 14.2 Å². The van der Waals surface area contributed by atoms with Gasteiger partial charge in [0.05, 0.1) is 14.2 Å². The van der Waals surface area contributed by atoms with Crippen molar-refractivity contribution >= 4 is 27.8 Å². The summed E-state index contributed by atoms with van der Waals surface area (Å²) >= 11 is 3.36. The molecule has 0 aliphatic rings. The van der Waals surface area contributed by atoms with Gasteiger partial charge in [0, 0.05) is 15.6 Å². The van der Waals surface area contributed by atoms with E-state index >= 15 is 0 Å². The molecule has 0 radical (unpaired) electrons. The normalized spacial score (nSPS) is 10.6. The summed E-state index contributed by atoms with van der Waals surface area (Å²) in [6.07, 6.45) is 5.79. The smallest absolute Gasteiger partial charge is 0.185 e. The predicted octanol–water partition coefficient (Wildman–Crippen LogP) is 5.09. The Morgan fingerprint density at radius 3 is 2.46 bits per heavy atom. The SMILES string of the molecule is C=CCc1cc(/C=C/C(=O)c2ccc(Br)cc2)cc(OC)c1OC. The number of allylic oxidation sites excluding steroid dienone is 2. The third-order valence-electron chi connectivity index (χ3n) is 3.50. The number of halogens is 1. The third-order valence-corrected chi connectivity index (χ3v) is 4.03. The molecule has 0 saturated heterocycles. The number of hydrogen-bond donors (Lipinski definition) is 0. The molecular weight excluding hydrogens is 368 g/mol. The maximum atomic E-state index is 12.2. The van der Waals surface area contributed by atoms with Gasteiger partial charge in [0.15, 0.2) is 17.3 Å². The van der Waals surface area contributed by atoms with E-state index in [1.807, 2.05) is 24.3 Å². The number of hydrogen-bond acceptors (Lipinski definition) is 3. The number of methoxy groups -OCH3 is 2. The second kappa shape index (κ2) is 8.50. The monoisotopic (exact) mass is 386 g/mol. The molecule has 0 aromatic heterocycles. The van der Waals surface area contributed by atoms with Crippen molar-refractivity contribution in [3.8, 4) is 11.5 Å². The molecule has 0 bridgehead atoms. The van der Waals surface area contributed by atoms with Gasteiger partial charge in [-0.15, -0.1) is 6.58 Å². The summed E-state index contributed by atoms with van der Waals surface area (Å²) in [5, 5.41) is 0. The van der Waals surface area contributed by atoms with Crippen molar-refractivity contribution in [2.24, 2.45) is 0 Å². The molecule has 0 fully saturated rings. The molecule has 0 amide bonds. The molecule has 24 heavy (non-hydrogen) atoms. The molecule has 124 valence electrons. The van der Waals surface area contributed by atoms with Crippen molar-refractivity contribution in [3.63, 3.8) is 0 Å². The Bertz CT molecular complexity index is 761. The van der Waals surface area contributed by atoms with E-state index in [4.69, 9.17) is 9.47 Å². The Balaban J connectivity index is 2.31. The van der Waals surface area contributed by atoms with Gasteiger partial charge in [-0.25, -0.2) is 0 Å². The van der Waals surface area contributed by atoms with Crippen LogP contribution in [0.5, 0.6) is 11.5 Å². The van der Waals surface area contributed by atoms with E-state index in [1.165, 1.54) is 0 Å². The molecule has 0 N–H and O–H groups in total. The van der Waals surface area contributed by atoms with Crippen LogP contribution in [-0.2, 0) is 6.42 Å². The van der Waals surface area contributed by atoms with Crippen molar-refractivity contribution in [3.05, 3.63) is 76.3 Å². The first-order valence-electron chi connectivity index (χ1n) is 7.42. The second-order valence-corrected chi connectivity index (χ2v) is 6.03. The van der Waals surface area contributed by atoms with Crippen LogP contribution >= 0.6 is 15.9 Å². The number of benzene rings is 2. The fraction of sp³-hybridized carbons (Fsp3) is 0.150. The van der Waals surface area contributed by atoms with E-state index in [-0.39, 0.29) is 5.78 Å². The molecule has 0 unspecified atom stereocenters. The largest absolute Gasteiger partial charge is 0.493 e. The van der Waals surface area contributed by atoms with E-state index in [0.717, 1.165) is 15.6 Å². The van der Waals surface area contributed by atoms with Gasteiger partial charge in [0.2, 0.25) is 0 Å². The Kier molecular flexibility index (Phi) is 6.38. The topological polar surface area (TPSA) is 35.5 Å². The summed E-state index contributed by atoms with van der Waals surface area (Å²) < 4.78 is 11.7. The number of ketones is 1. The van der Waals surface area contributed by atoms with Crippen molar-refractivity contribution in [1.82, 2.24) is 0 Å². The fourth-order valence-electron chi connectivity index (χ4n) is 2.35. The van der Waals surface area contributed by atoms with Crippen molar-refractivity contribution in [1.29, 1.82) is 0 Å². The molecule has 2 aromatic rings. The van der Waals surface area contributed by atoms with Crippen LogP contribution in [0.25, 0.3) is 6.08 Å². The van der Waals surface area contributed by atoms with Gasteiger partial charge in [-0.05, 0) is 54.5 Å². The van der Waals surface area contributed by atoms with Gasteiger partial charge in [-0.3, -0.25) is 4.79 Å². The lowest BCUT2D eigenvalue weighted by atomic mass is 10.0. The lowest BCUT2D eigenvalue weighted by Crippen LogP contribution is -1.97. The molecule has 0 aliphatic heterocycles. The first-order chi connectivity index (χ1) is 11.6. The summed E-state index contributed by atoms with van der Waals surface area (Å²) in [5.41, 5.74) is 2.47. The van der Waals surface area contributed by atoms with Gasteiger partial charge in [-0.1, -0.05) is 28.1 Å². The highest BCUT2D eigenvalue weighted by Gasteiger charge is 2.11. The third kappa shape index (κ3) is 4.36. The average Bonchev–Trinajstić information content (AvgIpc) is 2.60. The number of ether oxygens (including phenoxy) is 2. The van der Waals surface area contributed by atoms with Crippen LogP contribution < -0.4 is 9.47 Å². The maximum absolute atomic E-state index is 12.2. The summed E-state index contributed by atoms with van der Waals surface area (Å²) in [6, 6.07) is 11.1. The summed E-state index contributed by atoms with van der Waals surface area (Å²) in [6.45, 7) is 3.77. The quantitative estimate of drug-likeness (QED) is 0.377. The van der Waals surface area contributed by atoms with Crippen molar-refractivity contribution < 1.29 is 14.3 Å². The Morgan fingerprint density at radius 1 is 1.17 bits per heavy atom. The maximum Gasteiger partial charge on any atom is 0.185 e. The van der Waals surface area contributed by atoms with Crippen LogP contribution in [0.1, 0.15) is 21.5 Å². The molecule has 0 aliphatic carbocycles. The van der Waals surface area contributed by atoms with Gasteiger partial charge >= 0.3 is 0 Å². The Labute approximate surface area is 150 Å². The molecule has 0 heterocycles. The van der Waals surface area contributed by atoms with Gasteiger partial charge < -0.3 is 9.47 Å². The molecule has 0 atom stereocenters. The zero-order chi connectivity index (χ0) is 17.5. The van der Waals surface area contributed by atoms with Gasteiger partial charge in [0.1, 0.15) is 0 Å². The average molecular weight is 387 g/mol. The summed E-state index contributed by atoms with van der Waals surface area (Å²) in [4.78, 5) is 12.2. The van der Waals surface area contributed by atoms with Crippen LogP contribution in [0.15, 0.2) is 59.6 Å². The second-order valence-electron chi connectivity index (χ2n) is 5.11. The van der Waals surface area contributed by atoms with Crippen LogP contribution in [0.2, 0.25) is 0 Å². The zero-order valence-corrected chi connectivity index (χ0v) is 15.3. The van der Waals surface area contributed by atoms with Crippen LogP contribution in [0.3, 0.4) is 0 Å². The van der Waals surface area contributed by atoms with Crippen molar-refractivity contribution in [2.45, 2.75) is 6.42 Å². The molecular formula is C20H19BrO3.